The predicted molar refractivity (Wildman–Crippen MR) is 67.4 cm³/mol. The van der Waals surface area contributed by atoms with Crippen LogP contribution >= 0.6 is 0 Å². The van der Waals surface area contributed by atoms with Gasteiger partial charge in [0.1, 0.15) is 0 Å². The van der Waals surface area contributed by atoms with Gasteiger partial charge in [0, 0.05) is 19.4 Å². The highest BCUT2D eigenvalue weighted by atomic mass is 16.2. The molecule has 0 atom stereocenters. The van der Waals surface area contributed by atoms with Crippen LogP contribution in [0.3, 0.4) is 0 Å². The maximum atomic E-state index is 11.7. The molecule has 17 heavy (non-hydrogen) atoms. The fourth-order valence-corrected chi connectivity index (χ4v) is 2.03. The molecular formula is C13H24N2O2. The first-order valence-corrected chi connectivity index (χ1v) is 6.54. The Balaban J connectivity index is 2.22. The molecule has 1 rings (SSSR count). The lowest BCUT2D eigenvalue weighted by Gasteiger charge is -2.28. The molecule has 0 aromatic carbocycles. The zero-order chi connectivity index (χ0) is 12.8. The van der Waals surface area contributed by atoms with E-state index in [1.165, 1.54) is 4.90 Å². The Labute approximate surface area is 104 Å². The van der Waals surface area contributed by atoms with Crippen LogP contribution in [-0.2, 0) is 9.59 Å². The van der Waals surface area contributed by atoms with Gasteiger partial charge in [-0.25, -0.2) is 0 Å². The molecule has 4 nitrogen and oxygen atoms in total. The second-order valence-corrected chi connectivity index (χ2v) is 5.40. The third kappa shape index (κ3) is 4.86. The second kappa shape index (κ2) is 6.74. The average molecular weight is 240 g/mol. The molecule has 4 heteroatoms. The van der Waals surface area contributed by atoms with Gasteiger partial charge in [-0.05, 0) is 31.3 Å². The second-order valence-electron chi connectivity index (χ2n) is 5.40. The molecule has 1 aliphatic heterocycles. The number of carbonyl (C=O) groups is 2. The van der Waals surface area contributed by atoms with Crippen molar-refractivity contribution >= 4 is 11.8 Å². The van der Waals surface area contributed by atoms with E-state index in [-0.39, 0.29) is 17.7 Å². The minimum Gasteiger partial charge on any atom is -0.316 e. The molecule has 0 bridgehead atoms. The largest absolute Gasteiger partial charge is 0.316 e. The molecule has 0 unspecified atom stereocenters. The zero-order valence-electron chi connectivity index (χ0n) is 11.2. The molecule has 0 aliphatic carbocycles. The monoisotopic (exact) mass is 240 g/mol. The van der Waals surface area contributed by atoms with E-state index in [0.29, 0.717) is 25.3 Å². The van der Waals surface area contributed by atoms with Crippen molar-refractivity contribution in [1.82, 2.24) is 10.2 Å². The molecule has 0 saturated carbocycles. The molecule has 1 heterocycles. The summed E-state index contributed by atoms with van der Waals surface area (Å²) in [6, 6.07) is 0. The first-order valence-electron chi connectivity index (χ1n) is 6.54. The number of nitrogens with zero attached hydrogens (tertiary/aromatic N) is 1. The van der Waals surface area contributed by atoms with Gasteiger partial charge in [0.2, 0.25) is 11.8 Å². The number of amides is 2. The fraction of sp³-hybridized carbons (Fsp3) is 0.846. The number of rotatable bonds is 6. The lowest BCUT2D eigenvalue weighted by Crippen LogP contribution is -2.43. The summed E-state index contributed by atoms with van der Waals surface area (Å²) in [5.41, 5.74) is 0. The van der Waals surface area contributed by atoms with E-state index in [9.17, 15) is 9.59 Å². The first-order chi connectivity index (χ1) is 8.00. The Morgan fingerprint density at radius 3 is 2.41 bits per heavy atom. The molecule has 0 spiro atoms. The van der Waals surface area contributed by atoms with Gasteiger partial charge in [-0.3, -0.25) is 14.5 Å². The molecule has 1 N–H and O–H groups in total. The number of nitrogens with one attached hydrogen (secondary N) is 1. The standard InChI is InChI=1S/C13H24N2O2/c1-10(2)9-14-5-4-6-15-12(16)7-11(3)8-13(15)17/h10-11,14H,4-9H2,1-3H3. The van der Waals surface area contributed by atoms with Gasteiger partial charge in [-0.1, -0.05) is 20.8 Å². The van der Waals surface area contributed by atoms with Crippen LogP contribution in [0.25, 0.3) is 0 Å². The van der Waals surface area contributed by atoms with Crippen molar-refractivity contribution in [3.05, 3.63) is 0 Å². The summed E-state index contributed by atoms with van der Waals surface area (Å²) in [7, 11) is 0. The number of piperidine rings is 1. The molecule has 1 fully saturated rings. The Bertz CT molecular complexity index is 259. The summed E-state index contributed by atoms with van der Waals surface area (Å²) in [5.74, 6) is 0.842. The average Bonchev–Trinajstić information content (AvgIpc) is 2.20. The normalized spacial score (nSPS) is 18.2. The van der Waals surface area contributed by atoms with Gasteiger partial charge in [-0.2, -0.15) is 0 Å². The maximum Gasteiger partial charge on any atom is 0.229 e. The maximum absolute atomic E-state index is 11.7. The van der Waals surface area contributed by atoms with Crippen molar-refractivity contribution in [1.29, 1.82) is 0 Å². The van der Waals surface area contributed by atoms with Gasteiger partial charge in [-0.15, -0.1) is 0 Å². The van der Waals surface area contributed by atoms with Gasteiger partial charge < -0.3 is 5.32 Å². The number of carbonyl (C=O) groups excluding carboxylic acids is 2. The van der Waals surface area contributed by atoms with Crippen molar-refractivity contribution in [2.45, 2.75) is 40.0 Å². The van der Waals surface area contributed by atoms with Crippen molar-refractivity contribution < 1.29 is 9.59 Å². The molecular weight excluding hydrogens is 216 g/mol. The number of imide groups is 1. The van der Waals surface area contributed by atoms with E-state index >= 15 is 0 Å². The highest BCUT2D eigenvalue weighted by molar-refractivity contribution is 5.97. The third-order valence-electron chi connectivity index (χ3n) is 2.94. The van der Waals surface area contributed by atoms with Crippen molar-refractivity contribution in [3.8, 4) is 0 Å². The highest BCUT2D eigenvalue weighted by Crippen LogP contribution is 2.18. The van der Waals surface area contributed by atoms with Crippen LogP contribution in [-0.4, -0.2) is 36.3 Å². The Hall–Kier alpha value is -0.900. The number of likely N-dealkylation sites (tertiary alicyclic amines) is 1. The summed E-state index contributed by atoms with van der Waals surface area (Å²) in [6.45, 7) is 8.69. The summed E-state index contributed by atoms with van der Waals surface area (Å²) < 4.78 is 0. The molecule has 0 aromatic rings. The van der Waals surface area contributed by atoms with Crippen molar-refractivity contribution in [2.75, 3.05) is 19.6 Å². The van der Waals surface area contributed by atoms with Gasteiger partial charge in [0.15, 0.2) is 0 Å². The topological polar surface area (TPSA) is 49.4 Å². The summed E-state index contributed by atoms with van der Waals surface area (Å²) in [4.78, 5) is 24.8. The van der Waals surface area contributed by atoms with E-state index < -0.39 is 0 Å². The van der Waals surface area contributed by atoms with E-state index in [1.54, 1.807) is 0 Å². The van der Waals surface area contributed by atoms with Crippen LogP contribution in [0.5, 0.6) is 0 Å². The first kappa shape index (κ1) is 14.2. The van der Waals surface area contributed by atoms with Crippen LogP contribution < -0.4 is 5.32 Å². The zero-order valence-corrected chi connectivity index (χ0v) is 11.2. The Kier molecular flexibility index (Phi) is 5.62. The van der Waals surface area contributed by atoms with Crippen LogP contribution in [0.1, 0.15) is 40.0 Å². The molecule has 1 aliphatic rings. The minimum absolute atomic E-state index is 0.00221. The lowest BCUT2D eigenvalue weighted by molar-refractivity contribution is -0.149. The summed E-state index contributed by atoms with van der Waals surface area (Å²) >= 11 is 0. The van der Waals surface area contributed by atoms with Crippen LogP contribution in [0.2, 0.25) is 0 Å². The predicted octanol–water partition coefficient (Wildman–Crippen LogP) is 1.41. The SMILES string of the molecule is CC(C)CNCCCN1C(=O)CC(C)CC1=O. The van der Waals surface area contributed by atoms with E-state index in [4.69, 9.17) is 0 Å². The number of hydrogen-bond donors (Lipinski definition) is 1. The fourth-order valence-electron chi connectivity index (χ4n) is 2.03. The number of hydrogen-bond acceptors (Lipinski definition) is 3. The molecule has 2 amide bonds. The molecule has 0 radical (unpaired) electrons. The molecule has 98 valence electrons. The summed E-state index contributed by atoms with van der Waals surface area (Å²) in [5, 5.41) is 3.31. The van der Waals surface area contributed by atoms with Crippen molar-refractivity contribution in [3.63, 3.8) is 0 Å². The van der Waals surface area contributed by atoms with Crippen molar-refractivity contribution in [2.24, 2.45) is 11.8 Å². The van der Waals surface area contributed by atoms with E-state index in [1.807, 2.05) is 6.92 Å². The van der Waals surface area contributed by atoms with Crippen LogP contribution in [0.15, 0.2) is 0 Å². The van der Waals surface area contributed by atoms with Crippen LogP contribution in [0.4, 0.5) is 0 Å². The smallest absolute Gasteiger partial charge is 0.229 e. The minimum atomic E-state index is -0.00221. The van der Waals surface area contributed by atoms with Gasteiger partial charge >= 0.3 is 0 Å². The third-order valence-corrected chi connectivity index (χ3v) is 2.94. The Morgan fingerprint density at radius 2 is 1.88 bits per heavy atom. The lowest BCUT2D eigenvalue weighted by atomic mass is 9.98. The van der Waals surface area contributed by atoms with Crippen LogP contribution in [0, 0.1) is 11.8 Å². The molecule has 0 aromatic heterocycles. The summed E-state index contributed by atoms with van der Waals surface area (Å²) in [6.07, 6.45) is 1.88. The molecule has 1 saturated heterocycles. The van der Waals surface area contributed by atoms with Gasteiger partial charge in [0.05, 0.1) is 0 Å². The highest BCUT2D eigenvalue weighted by Gasteiger charge is 2.29. The quantitative estimate of drug-likeness (QED) is 0.564. The van der Waals surface area contributed by atoms with Gasteiger partial charge in [0.25, 0.3) is 0 Å². The van der Waals surface area contributed by atoms with E-state index in [0.717, 1.165) is 19.5 Å². The van der Waals surface area contributed by atoms with E-state index in [2.05, 4.69) is 19.2 Å². The Morgan fingerprint density at radius 1 is 1.29 bits per heavy atom.